The van der Waals surface area contributed by atoms with Crippen molar-refractivity contribution in [1.82, 2.24) is 9.88 Å². The van der Waals surface area contributed by atoms with Gasteiger partial charge in [0, 0.05) is 25.9 Å². The number of aromatic carboxylic acids is 1. The number of aromatic nitrogens is 1. The van der Waals surface area contributed by atoms with Gasteiger partial charge in [0.1, 0.15) is 5.69 Å². The lowest BCUT2D eigenvalue weighted by Gasteiger charge is -2.16. The molecule has 2 amide bonds. The Morgan fingerprint density at radius 3 is 2.89 bits per heavy atom. The second kappa shape index (κ2) is 5.31. The van der Waals surface area contributed by atoms with Gasteiger partial charge >= 0.3 is 12.0 Å². The van der Waals surface area contributed by atoms with E-state index in [0.29, 0.717) is 18.8 Å². The number of nitrogens with zero attached hydrogens (tertiary/aromatic N) is 1. The molecule has 0 aliphatic carbocycles. The molecule has 19 heavy (non-hydrogen) atoms. The number of aryl methyl sites for hydroxylation is 1. The van der Waals surface area contributed by atoms with Gasteiger partial charge in [-0.2, -0.15) is 0 Å². The number of carbonyl (C=O) groups excluding carboxylic acids is 1. The molecule has 7 nitrogen and oxygen atoms in total. The normalized spacial score (nSPS) is 18.6. The average Bonchev–Trinajstić information content (AvgIpc) is 2.95. The standard InChI is InChI=1S/C12H17N3O4/c1-7-5-9(10(13-7)11(16)17)14-12(18)15-4-3-8(6-15)19-2/h5,8,13H,3-4,6H2,1-2H3,(H,14,18)(H,16,17). The summed E-state index contributed by atoms with van der Waals surface area (Å²) in [6.07, 6.45) is 0.847. The lowest BCUT2D eigenvalue weighted by molar-refractivity contribution is 0.0692. The van der Waals surface area contributed by atoms with Gasteiger partial charge in [-0.05, 0) is 19.4 Å². The van der Waals surface area contributed by atoms with Crippen LogP contribution in [0, 0.1) is 6.92 Å². The van der Waals surface area contributed by atoms with Crippen LogP contribution >= 0.6 is 0 Å². The highest BCUT2D eigenvalue weighted by Crippen LogP contribution is 2.19. The van der Waals surface area contributed by atoms with Gasteiger partial charge in [0.15, 0.2) is 0 Å². The lowest BCUT2D eigenvalue weighted by atomic mass is 10.3. The van der Waals surface area contributed by atoms with E-state index in [4.69, 9.17) is 9.84 Å². The fraction of sp³-hybridized carbons (Fsp3) is 0.500. The second-order valence-electron chi connectivity index (χ2n) is 4.57. The van der Waals surface area contributed by atoms with Gasteiger partial charge in [0.25, 0.3) is 0 Å². The van der Waals surface area contributed by atoms with Gasteiger partial charge in [-0.3, -0.25) is 0 Å². The number of likely N-dealkylation sites (tertiary alicyclic amines) is 1. The first-order chi connectivity index (χ1) is 9.01. The zero-order valence-electron chi connectivity index (χ0n) is 10.9. The number of ether oxygens (including phenoxy) is 1. The molecule has 1 fully saturated rings. The number of carboxylic acid groups (broad SMARTS) is 1. The van der Waals surface area contributed by atoms with E-state index >= 15 is 0 Å². The largest absolute Gasteiger partial charge is 0.477 e. The first kappa shape index (κ1) is 13.4. The van der Waals surface area contributed by atoms with Crippen LogP contribution < -0.4 is 5.32 Å². The van der Waals surface area contributed by atoms with Gasteiger partial charge in [-0.15, -0.1) is 0 Å². The van der Waals surface area contributed by atoms with E-state index in [-0.39, 0.29) is 23.5 Å². The van der Waals surface area contributed by atoms with Crippen molar-refractivity contribution in [3.8, 4) is 0 Å². The molecular weight excluding hydrogens is 250 g/mol. The Kier molecular flexibility index (Phi) is 3.75. The molecule has 3 N–H and O–H groups in total. The van der Waals surface area contributed by atoms with Crippen molar-refractivity contribution in [2.24, 2.45) is 0 Å². The molecule has 1 saturated heterocycles. The SMILES string of the molecule is COC1CCN(C(=O)Nc2cc(C)[nH]c2C(=O)O)C1. The summed E-state index contributed by atoms with van der Waals surface area (Å²) in [5.41, 5.74) is 0.966. The summed E-state index contributed by atoms with van der Waals surface area (Å²) in [5, 5.41) is 11.6. The van der Waals surface area contributed by atoms with Crippen molar-refractivity contribution in [2.75, 3.05) is 25.5 Å². The van der Waals surface area contributed by atoms with Gasteiger partial charge in [0.2, 0.25) is 0 Å². The summed E-state index contributed by atoms with van der Waals surface area (Å²) in [6, 6.07) is 1.30. The molecule has 2 heterocycles. The number of hydrogen-bond donors (Lipinski definition) is 3. The molecule has 0 radical (unpaired) electrons. The average molecular weight is 267 g/mol. The number of anilines is 1. The van der Waals surface area contributed by atoms with Crippen LogP contribution in [-0.4, -0.2) is 53.3 Å². The van der Waals surface area contributed by atoms with Crippen molar-refractivity contribution in [3.63, 3.8) is 0 Å². The maximum Gasteiger partial charge on any atom is 0.354 e. The van der Waals surface area contributed by atoms with E-state index in [0.717, 1.165) is 6.42 Å². The Hall–Kier alpha value is -2.02. The number of aromatic amines is 1. The topological polar surface area (TPSA) is 94.7 Å². The molecule has 7 heteroatoms. The zero-order valence-corrected chi connectivity index (χ0v) is 10.9. The summed E-state index contributed by atoms with van der Waals surface area (Å²) in [5.74, 6) is -1.10. The highest BCUT2D eigenvalue weighted by molar-refractivity contribution is 5.99. The van der Waals surface area contributed by atoms with E-state index < -0.39 is 5.97 Å². The zero-order chi connectivity index (χ0) is 14.0. The van der Waals surface area contributed by atoms with E-state index in [1.807, 2.05) is 0 Å². The molecule has 1 aromatic heterocycles. The predicted octanol–water partition coefficient (Wildman–Crippen LogP) is 1.27. The molecule has 0 bridgehead atoms. The van der Waals surface area contributed by atoms with Crippen LogP contribution in [0.4, 0.5) is 10.5 Å². The van der Waals surface area contributed by atoms with Crippen LogP contribution in [0.15, 0.2) is 6.07 Å². The Balaban J connectivity index is 2.05. The van der Waals surface area contributed by atoms with E-state index in [1.54, 1.807) is 25.0 Å². The molecule has 2 rings (SSSR count). The summed E-state index contributed by atoms with van der Waals surface area (Å²) < 4.78 is 5.19. The lowest BCUT2D eigenvalue weighted by Crippen LogP contribution is -2.34. The Morgan fingerprint density at radius 1 is 1.58 bits per heavy atom. The minimum Gasteiger partial charge on any atom is -0.477 e. The maximum absolute atomic E-state index is 12.0. The third-order valence-electron chi connectivity index (χ3n) is 3.17. The Labute approximate surface area is 110 Å². The first-order valence-corrected chi connectivity index (χ1v) is 6.03. The Bertz CT molecular complexity index is 497. The smallest absolute Gasteiger partial charge is 0.354 e. The summed E-state index contributed by atoms with van der Waals surface area (Å²) in [6.45, 7) is 2.86. The fourth-order valence-corrected chi connectivity index (χ4v) is 2.16. The number of nitrogens with one attached hydrogen (secondary N) is 2. The van der Waals surface area contributed by atoms with E-state index in [2.05, 4.69) is 10.3 Å². The number of hydrogen-bond acceptors (Lipinski definition) is 3. The van der Waals surface area contributed by atoms with Crippen LogP contribution in [0.25, 0.3) is 0 Å². The highest BCUT2D eigenvalue weighted by atomic mass is 16.5. The van der Waals surface area contributed by atoms with Crippen molar-refractivity contribution < 1.29 is 19.4 Å². The number of methoxy groups -OCH3 is 1. The fourth-order valence-electron chi connectivity index (χ4n) is 2.16. The third kappa shape index (κ3) is 2.87. The Morgan fingerprint density at radius 2 is 2.32 bits per heavy atom. The molecule has 0 spiro atoms. The van der Waals surface area contributed by atoms with Crippen molar-refractivity contribution in [3.05, 3.63) is 17.5 Å². The molecule has 1 aliphatic rings. The molecule has 1 aliphatic heterocycles. The first-order valence-electron chi connectivity index (χ1n) is 6.03. The van der Waals surface area contributed by atoms with Crippen molar-refractivity contribution in [2.45, 2.75) is 19.4 Å². The number of H-pyrrole nitrogens is 1. The van der Waals surface area contributed by atoms with Crippen molar-refractivity contribution in [1.29, 1.82) is 0 Å². The molecule has 1 unspecified atom stereocenters. The summed E-state index contributed by atoms with van der Waals surface area (Å²) in [7, 11) is 1.62. The van der Waals surface area contributed by atoms with Crippen LogP contribution in [0.1, 0.15) is 22.6 Å². The van der Waals surface area contributed by atoms with E-state index in [1.165, 1.54) is 0 Å². The minimum absolute atomic E-state index is 0.00617. The number of amides is 2. The summed E-state index contributed by atoms with van der Waals surface area (Å²) >= 11 is 0. The summed E-state index contributed by atoms with van der Waals surface area (Å²) in [4.78, 5) is 27.3. The van der Waals surface area contributed by atoms with E-state index in [9.17, 15) is 9.59 Å². The quantitative estimate of drug-likeness (QED) is 0.768. The van der Waals surface area contributed by atoms with Crippen LogP contribution in [0.5, 0.6) is 0 Å². The highest BCUT2D eigenvalue weighted by Gasteiger charge is 2.27. The second-order valence-corrected chi connectivity index (χ2v) is 4.57. The number of rotatable bonds is 3. The van der Waals surface area contributed by atoms with Crippen molar-refractivity contribution >= 4 is 17.7 Å². The van der Waals surface area contributed by atoms with Gasteiger partial charge in [-0.25, -0.2) is 9.59 Å². The molecule has 104 valence electrons. The van der Waals surface area contributed by atoms with Crippen LogP contribution in [0.3, 0.4) is 0 Å². The third-order valence-corrected chi connectivity index (χ3v) is 3.17. The molecule has 0 saturated carbocycles. The number of urea groups is 1. The van der Waals surface area contributed by atoms with Gasteiger partial charge in [-0.1, -0.05) is 0 Å². The number of carbonyl (C=O) groups is 2. The van der Waals surface area contributed by atoms with Gasteiger partial charge < -0.3 is 25.0 Å². The number of carboxylic acids is 1. The maximum atomic E-state index is 12.0. The molecule has 0 aromatic carbocycles. The molecular formula is C12H17N3O4. The van der Waals surface area contributed by atoms with Crippen LogP contribution in [0.2, 0.25) is 0 Å². The van der Waals surface area contributed by atoms with Crippen LogP contribution in [-0.2, 0) is 4.74 Å². The molecule has 1 atom stereocenters. The van der Waals surface area contributed by atoms with Gasteiger partial charge in [0.05, 0.1) is 11.8 Å². The monoisotopic (exact) mass is 267 g/mol. The minimum atomic E-state index is -1.10. The predicted molar refractivity (Wildman–Crippen MR) is 68.5 cm³/mol. The molecule has 1 aromatic rings.